The van der Waals surface area contributed by atoms with Gasteiger partial charge < -0.3 is 18.9 Å². The first-order valence-corrected chi connectivity index (χ1v) is 17.7. The van der Waals surface area contributed by atoms with Gasteiger partial charge in [0, 0.05) is 5.56 Å². The van der Waals surface area contributed by atoms with E-state index in [2.05, 4.69) is 28.7 Å². The molecule has 0 spiro atoms. The number of thiazole rings is 1. The van der Waals surface area contributed by atoms with Crippen LogP contribution >= 0.6 is 33.9 Å². The Kier molecular flexibility index (Phi) is 10.8. The summed E-state index contributed by atoms with van der Waals surface area (Å²) in [6.45, 7) is 4.62. The fraction of sp³-hybridized carbons (Fsp3) is 0.179. The number of fused-ring (bicyclic) bond motifs is 1. The number of methoxy groups -OCH3 is 1. The van der Waals surface area contributed by atoms with Crippen molar-refractivity contribution in [3.05, 3.63) is 148 Å². The number of rotatable bonds is 11. The van der Waals surface area contributed by atoms with E-state index in [-0.39, 0.29) is 24.3 Å². The van der Waals surface area contributed by atoms with Gasteiger partial charge in [0.05, 0.1) is 57.4 Å². The summed E-state index contributed by atoms with van der Waals surface area (Å²) in [6.07, 6.45) is 1.80. The third kappa shape index (κ3) is 7.22. The minimum Gasteiger partial charge on any atom is -0.494 e. The highest BCUT2D eigenvalue weighted by Crippen LogP contribution is 2.37. The summed E-state index contributed by atoms with van der Waals surface area (Å²) in [4.78, 5) is 33.5. The number of esters is 1. The van der Waals surface area contributed by atoms with Gasteiger partial charge in [-0.05, 0) is 95.6 Å². The lowest BCUT2D eigenvalue weighted by molar-refractivity contribution is -0.138. The molecule has 0 N–H and O–H groups in total. The Labute approximate surface area is 306 Å². The van der Waals surface area contributed by atoms with Crippen LogP contribution in [0.1, 0.15) is 47.7 Å². The Hall–Kier alpha value is -5.19. The second-order valence-electron chi connectivity index (χ2n) is 11.1. The summed E-state index contributed by atoms with van der Waals surface area (Å²) < 4.78 is 25.9. The summed E-state index contributed by atoms with van der Waals surface area (Å²) in [6, 6.07) is 29.1. The van der Waals surface area contributed by atoms with E-state index in [0.29, 0.717) is 50.0 Å². The highest BCUT2D eigenvalue weighted by atomic mass is 127. The monoisotopic (exact) mass is 797 g/mol. The topological polar surface area (TPSA) is 112 Å². The molecule has 0 fully saturated rings. The lowest BCUT2D eigenvalue weighted by Crippen LogP contribution is -2.40. The van der Waals surface area contributed by atoms with Gasteiger partial charge in [0.2, 0.25) is 0 Å². The summed E-state index contributed by atoms with van der Waals surface area (Å²) in [5.41, 5.74) is 4.11. The summed E-state index contributed by atoms with van der Waals surface area (Å²) in [5.74, 6) is 1.21. The highest BCUT2D eigenvalue weighted by Gasteiger charge is 2.35. The van der Waals surface area contributed by atoms with E-state index >= 15 is 0 Å². The largest absolute Gasteiger partial charge is 0.494 e. The van der Waals surface area contributed by atoms with Crippen molar-refractivity contribution >= 4 is 51.7 Å². The molecule has 1 aliphatic heterocycles. The third-order valence-corrected chi connectivity index (χ3v) is 9.68. The molecule has 6 rings (SSSR count). The molecule has 9 nitrogen and oxygen atoms in total. The van der Waals surface area contributed by atoms with Gasteiger partial charge in [-0.15, -0.1) is 0 Å². The molecule has 252 valence electrons. The molecule has 1 aliphatic rings. The van der Waals surface area contributed by atoms with Gasteiger partial charge in [-0.2, -0.15) is 5.26 Å². The third-order valence-electron chi connectivity index (χ3n) is 7.90. The maximum absolute atomic E-state index is 14.4. The number of halogens is 1. The molecule has 4 aromatic carbocycles. The van der Waals surface area contributed by atoms with Gasteiger partial charge in [-0.3, -0.25) is 9.36 Å². The molecule has 0 saturated heterocycles. The van der Waals surface area contributed by atoms with Gasteiger partial charge in [-0.1, -0.05) is 65.9 Å². The van der Waals surface area contributed by atoms with Crippen LogP contribution in [0.4, 0.5) is 0 Å². The molecule has 11 heteroatoms. The lowest BCUT2D eigenvalue weighted by atomic mass is 9.93. The number of benzene rings is 4. The van der Waals surface area contributed by atoms with Crippen molar-refractivity contribution in [2.75, 3.05) is 20.3 Å². The molecule has 2 heterocycles. The van der Waals surface area contributed by atoms with Crippen LogP contribution in [-0.2, 0) is 16.1 Å². The van der Waals surface area contributed by atoms with Crippen molar-refractivity contribution in [1.29, 1.82) is 5.26 Å². The molecule has 50 heavy (non-hydrogen) atoms. The van der Waals surface area contributed by atoms with Crippen LogP contribution < -0.4 is 29.1 Å². The molecule has 0 bridgehead atoms. The molecule has 5 aromatic rings. The summed E-state index contributed by atoms with van der Waals surface area (Å²) in [7, 11) is 1.57. The fourth-order valence-corrected chi connectivity index (χ4v) is 7.40. The molecule has 1 atom stereocenters. The van der Waals surface area contributed by atoms with Crippen LogP contribution in [0, 0.1) is 14.9 Å². The van der Waals surface area contributed by atoms with Crippen LogP contribution in [0.5, 0.6) is 17.2 Å². The van der Waals surface area contributed by atoms with Crippen molar-refractivity contribution in [2.24, 2.45) is 4.99 Å². The first-order chi connectivity index (χ1) is 24.3. The van der Waals surface area contributed by atoms with E-state index in [0.717, 1.165) is 20.3 Å². The minimum absolute atomic E-state index is 0.165. The Morgan fingerprint density at radius 1 is 1.00 bits per heavy atom. The van der Waals surface area contributed by atoms with Gasteiger partial charge in [0.1, 0.15) is 12.4 Å². The van der Waals surface area contributed by atoms with Gasteiger partial charge in [0.25, 0.3) is 5.56 Å². The normalized spacial score (nSPS) is 14.0. The summed E-state index contributed by atoms with van der Waals surface area (Å²) >= 11 is 3.43. The van der Waals surface area contributed by atoms with E-state index in [1.807, 2.05) is 85.8 Å². The Balaban J connectivity index is 1.47. The van der Waals surface area contributed by atoms with Crippen LogP contribution in [-0.4, -0.2) is 30.9 Å². The number of nitriles is 1. The standard InChI is InChI=1S/C39H32IN3O6S/c1-4-47-29-17-15-28(16-18-29)35-33(38(45)48-5-2)34(27-9-7-6-8-10-27)42-39-43(35)37(44)32(50-39)21-26-19-30(40)36(31(20-26)46-3)49-23-25-13-11-24(22-41)12-14-25/h6-21,35H,4-5,23H2,1-3H3/b32-21-/t35-/m1/s1. The first-order valence-electron chi connectivity index (χ1n) is 15.9. The fourth-order valence-electron chi connectivity index (χ4n) is 5.61. The molecular formula is C39H32IN3O6S. The molecular weight excluding hydrogens is 765 g/mol. The molecule has 0 radical (unpaired) electrons. The van der Waals surface area contributed by atoms with E-state index in [1.165, 1.54) is 11.3 Å². The number of ether oxygens (including phenoxy) is 4. The number of nitrogens with zero attached hydrogens (tertiary/aromatic N) is 3. The lowest BCUT2D eigenvalue weighted by Gasteiger charge is -2.26. The van der Waals surface area contributed by atoms with E-state index in [1.54, 1.807) is 36.8 Å². The van der Waals surface area contributed by atoms with Gasteiger partial charge in [-0.25, -0.2) is 9.79 Å². The second kappa shape index (κ2) is 15.6. The number of hydrogen-bond acceptors (Lipinski definition) is 9. The minimum atomic E-state index is -0.800. The quantitative estimate of drug-likeness (QED) is 0.112. The van der Waals surface area contributed by atoms with Crippen molar-refractivity contribution < 1.29 is 23.7 Å². The second-order valence-corrected chi connectivity index (χ2v) is 13.2. The zero-order chi connectivity index (χ0) is 35.2. The van der Waals surface area contributed by atoms with Crippen LogP contribution in [0.15, 0.2) is 106 Å². The van der Waals surface area contributed by atoms with E-state index < -0.39 is 12.0 Å². The van der Waals surface area contributed by atoms with Crippen molar-refractivity contribution in [3.63, 3.8) is 0 Å². The average molecular weight is 798 g/mol. The zero-order valence-corrected chi connectivity index (χ0v) is 30.5. The van der Waals surface area contributed by atoms with E-state index in [4.69, 9.17) is 29.2 Å². The Morgan fingerprint density at radius 2 is 1.74 bits per heavy atom. The molecule has 1 aromatic heterocycles. The van der Waals surface area contributed by atoms with Crippen LogP contribution in [0.2, 0.25) is 0 Å². The SMILES string of the molecule is CCOC(=O)C1=C(c2ccccc2)N=c2s/c(=C\c3cc(I)c(OCc4ccc(C#N)cc4)c(OC)c3)c(=O)n2[C@@H]1c1ccc(OCC)cc1. The van der Waals surface area contributed by atoms with Crippen molar-refractivity contribution in [2.45, 2.75) is 26.5 Å². The number of hydrogen-bond donors (Lipinski definition) is 0. The van der Waals surface area contributed by atoms with Crippen molar-refractivity contribution in [1.82, 2.24) is 4.57 Å². The first kappa shape index (κ1) is 34.7. The highest BCUT2D eigenvalue weighted by molar-refractivity contribution is 14.1. The van der Waals surface area contributed by atoms with Gasteiger partial charge in [0.15, 0.2) is 16.3 Å². The molecule has 0 saturated carbocycles. The smallest absolute Gasteiger partial charge is 0.338 e. The van der Waals surface area contributed by atoms with Crippen molar-refractivity contribution in [3.8, 4) is 23.3 Å². The maximum atomic E-state index is 14.4. The Morgan fingerprint density at radius 3 is 2.40 bits per heavy atom. The number of aromatic nitrogens is 1. The van der Waals surface area contributed by atoms with Crippen LogP contribution in [0.25, 0.3) is 11.8 Å². The number of carbonyl (C=O) groups is 1. The van der Waals surface area contributed by atoms with Crippen LogP contribution in [0.3, 0.4) is 0 Å². The van der Waals surface area contributed by atoms with Gasteiger partial charge >= 0.3 is 5.97 Å². The van der Waals surface area contributed by atoms with E-state index in [9.17, 15) is 9.59 Å². The molecule has 0 aliphatic carbocycles. The summed E-state index contributed by atoms with van der Waals surface area (Å²) in [5, 5.41) is 9.09. The average Bonchev–Trinajstić information content (AvgIpc) is 3.45. The predicted molar refractivity (Wildman–Crippen MR) is 200 cm³/mol. The molecule has 0 unspecified atom stereocenters. The zero-order valence-electron chi connectivity index (χ0n) is 27.5. The predicted octanol–water partition coefficient (Wildman–Crippen LogP) is 6.40. The molecule has 0 amide bonds. The Bertz CT molecular complexity index is 2290. The number of carbonyl (C=O) groups excluding carboxylic acids is 1. The maximum Gasteiger partial charge on any atom is 0.338 e.